The summed E-state index contributed by atoms with van der Waals surface area (Å²) in [6, 6.07) is 9.16. The molecule has 3 atom stereocenters. The van der Waals surface area contributed by atoms with E-state index in [-0.39, 0.29) is 0 Å². The van der Waals surface area contributed by atoms with Gasteiger partial charge in [-0.2, -0.15) is 0 Å². The summed E-state index contributed by atoms with van der Waals surface area (Å²) in [5, 5.41) is 3.45. The van der Waals surface area contributed by atoms with Crippen LogP contribution in [0.25, 0.3) is 0 Å². The van der Waals surface area contributed by atoms with Crippen molar-refractivity contribution in [3.63, 3.8) is 0 Å². The maximum absolute atomic E-state index is 6.18. The van der Waals surface area contributed by atoms with Gasteiger partial charge in [0.1, 0.15) is 0 Å². The molecule has 0 radical (unpaired) electrons. The molecule has 2 aliphatic carbocycles. The van der Waals surface area contributed by atoms with E-state index in [1.807, 2.05) is 7.05 Å². The second kappa shape index (κ2) is 5.02. The van der Waals surface area contributed by atoms with Crippen molar-refractivity contribution in [3.05, 3.63) is 35.4 Å². The molecule has 0 heterocycles. The maximum Gasteiger partial charge on any atom is 0.0775 e. The van der Waals surface area contributed by atoms with Gasteiger partial charge >= 0.3 is 0 Å². The van der Waals surface area contributed by atoms with Crippen molar-refractivity contribution < 1.29 is 4.74 Å². The fraction of sp³-hybridized carbons (Fsp3) is 0.625. The first kappa shape index (κ1) is 12.2. The Morgan fingerprint density at radius 2 is 1.94 bits per heavy atom. The molecule has 1 saturated carbocycles. The lowest BCUT2D eigenvalue weighted by Crippen LogP contribution is -2.37. The highest BCUT2D eigenvalue weighted by Crippen LogP contribution is 2.39. The van der Waals surface area contributed by atoms with Gasteiger partial charge < -0.3 is 10.1 Å². The molecule has 0 aromatic heterocycles. The SMILES string of the molecule is CNC1c2ccccc2C(C)CC1OCC1CC1. The van der Waals surface area contributed by atoms with E-state index in [1.54, 1.807) is 0 Å². The lowest BCUT2D eigenvalue weighted by molar-refractivity contribution is 0.00687. The van der Waals surface area contributed by atoms with Crippen LogP contribution in [0.15, 0.2) is 24.3 Å². The molecule has 2 nitrogen and oxygen atoms in total. The van der Waals surface area contributed by atoms with Crippen LogP contribution >= 0.6 is 0 Å². The second-order valence-corrected chi connectivity index (χ2v) is 5.85. The molecule has 0 spiro atoms. The standard InChI is InChI=1S/C16H23NO/c1-11-9-15(18-10-12-7-8-12)16(17-2)14-6-4-3-5-13(11)14/h3-6,11-12,15-17H,7-10H2,1-2H3. The fourth-order valence-electron chi connectivity index (χ4n) is 3.10. The van der Waals surface area contributed by atoms with Gasteiger partial charge in [-0.1, -0.05) is 31.2 Å². The third-order valence-corrected chi connectivity index (χ3v) is 4.37. The van der Waals surface area contributed by atoms with Crippen LogP contribution in [0.3, 0.4) is 0 Å². The Morgan fingerprint density at radius 1 is 1.22 bits per heavy atom. The predicted octanol–water partition coefficient (Wildman–Crippen LogP) is 3.25. The molecular weight excluding hydrogens is 222 g/mol. The molecular formula is C16H23NO. The van der Waals surface area contributed by atoms with Gasteiger partial charge in [-0.05, 0) is 49.3 Å². The number of benzene rings is 1. The number of hydrogen-bond acceptors (Lipinski definition) is 2. The van der Waals surface area contributed by atoms with Crippen molar-refractivity contribution in [2.75, 3.05) is 13.7 Å². The van der Waals surface area contributed by atoms with E-state index in [0.29, 0.717) is 18.1 Å². The zero-order valence-corrected chi connectivity index (χ0v) is 11.4. The molecule has 1 N–H and O–H groups in total. The van der Waals surface area contributed by atoms with Crippen LogP contribution in [0.1, 0.15) is 49.3 Å². The monoisotopic (exact) mass is 245 g/mol. The van der Waals surface area contributed by atoms with E-state index in [4.69, 9.17) is 4.74 Å². The minimum atomic E-state index is 0.334. The summed E-state index contributed by atoms with van der Waals surface area (Å²) >= 11 is 0. The minimum Gasteiger partial charge on any atom is -0.376 e. The lowest BCUT2D eigenvalue weighted by atomic mass is 9.79. The topological polar surface area (TPSA) is 21.3 Å². The van der Waals surface area contributed by atoms with Crippen LogP contribution in [-0.2, 0) is 4.74 Å². The first-order valence-electron chi connectivity index (χ1n) is 7.17. The zero-order chi connectivity index (χ0) is 12.5. The molecule has 0 amide bonds. The Kier molecular flexibility index (Phi) is 3.40. The van der Waals surface area contributed by atoms with Crippen LogP contribution < -0.4 is 5.32 Å². The van der Waals surface area contributed by atoms with E-state index < -0.39 is 0 Å². The first-order valence-corrected chi connectivity index (χ1v) is 7.17. The van der Waals surface area contributed by atoms with Crippen molar-refractivity contribution >= 4 is 0 Å². The van der Waals surface area contributed by atoms with Crippen LogP contribution in [0.5, 0.6) is 0 Å². The zero-order valence-electron chi connectivity index (χ0n) is 11.4. The Hall–Kier alpha value is -0.860. The van der Waals surface area contributed by atoms with Crippen molar-refractivity contribution in [1.82, 2.24) is 5.32 Å². The van der Waals surface area contributed by atoms with E-state index in [9.17, 15) is 0 Å². The number of nitrogens with one attached hydrogen (secondary N) is 1. The van der Waals surface area contributed by atoms with Crippen LogP contribution in [-0.4, -0.2) is 19.8 Å². The lowest BCUT2D eigenvalue weighted by Gasteiger charge is -2.36. The first-order chi connectivity index (χ1) is 8.79. The summed E-state index contributed by atoms with van der Waals surface area (Å²) in [4.78, 5) is 0. The Balaban J connectivity index is 1.80. The number of ether oxygens (including phenoxy) is 1. The van der Waals surface area contributed by atoms with Crippen LogP contribution in [0, 0.1) is 5.92 Å². The summed E-state index contributed by atoms with van der Waals surface area (Å²) in [5.41, 5.74) is 2.92. The molecule has 0 aliphatic heterocycles. The molecule has 0 saturated heterocycles. The van der Waals surface area contributed by atoms with Crippen LogP contribution in [0.2, 0.25) is 0 Å². The van der Waals surface area contributed by atoms with Crippen LogP contribution in [0.4, 0.5) is 0 Å². The fourth-order valence-corrected chi connectivity index (χ4v) is 3.10. The largest absolute Gasteiger partial charge is 0.376 e. The third-order valence-electron chi connectivity index (χ3n) is 4.37. The molecule has 2 heteroatoms. The van der Waals surface area contributed by atoms with Gasteiger partial charge in [-0.3, -0.25) is 0 Å². The van der Waals surface area contributed by atoms with Gasteiger partial charge in [0.15, 0.2) is 0 Å². The molecule has 1 fully saturated rings. The second-order valence-electron chi connectivity index (χ2n) is 5.85. The average Bonchev–Trinajstić information content (AvgIpc) is 3.21. The average molecular weight is 245 g/mol. The number of likely N-dealkylation sites (N-methyl/N-ethyl adjacent to an activating group) is 1. The van der Waals surface area contributed by atoms with Gasteiger partial charge in [-0.25, -0.2) is 0 Å². The highest BCUT2D eigenvalue weighted by atomic mass is 16.5. The molecule has 1 aromatic rings. The van der Waals surface area contributed by atoms with Crippen molar-refractivity contribution in [2.45, 2.75) is 44.2 Å². The van der Waals surface area contributed by atoms with Gasteiger partial charge in [0, 0.05) is 6.61 Å². The molecule has 18 heavy (non-hydrogen) atoms. The number of rotatable bonds is 4. The van der Waals surface area contributed by atoms with E-state index >= 15 is 0 Å². The predicted molar refractivity (Wildman–Crippen MR) is 73.7 cm³/mol. The summed E-state index contributed by atoms with van der Waals surface area (Å²) in [7, 11) is 2.05. The molecule has 0 bridgehead atoms. The van der Waals surface area contributed by atoms with Crippen molar-refractivity contribution in [3.8, 4) is 0 Å². The smallest absolute Gasteiger partial charge is 0.0775 e. The highest BCUT2D eigenvalue weighted by molar-refractivity contribution is 5.36. The van der Waals surface area contributed by atoms with E-state index in [2.05, 4.69) is 36.5 Å². The van der Waals surface area contributed by atoms with Crippen molar-refractivity contribution in [2.24, 2.45) is 5.92 Å². The van der Waals surface area contributed by atoms with Gasteiger partial charge in [-0.15, -0.1) is 0 Å². The Bertz CT molecular complexity index is 413. The quantitative estimate of drug-likeness (QED) is 0.879. The normalized spacial score (nSPS) is 31.1. The van der Waals surface area contributed by atoms with Gasteiger partial charge in [0.2, 0.25) is 0 Å². The minimum absolute atomic E-state index is 0.334. The van der Waals surface area contributed by atoms with Gasteiger partial charge in [0.25, 0.3) is 0 Å². The van der Waals surface area contributed by atoms with E-state index in [0.717, 1.165) is 18.9 Å². The van der Waals surface area contributed by atoms with Gasteiger partial charge in [0.05, 0.1) is 12.1 Å². The van der Waals surface area contributed by atoms with E-state index in [1.165, 1.54) is 24.0 Å². The molecule has 3 unspecified atom stereocenters. The molecule has 1 aromatic carbocycles. The summed E-state index contributed by atoms with van der Waals surface area (Å²) in [6.07, 6.45) is 4.20. The number of fused-ring (bicyclic) bond motifs is 1. The molecule has 2 aliphatic rings. The Morgan fingerprint density at radius 3 is 2.61 bits per heavy atom. The summed E-state index contributed by atoms with van der Waals surface area (Å²) in [5.74, 6) is 1.45. The highest BCUT2D eigenvalue weighted by Gasteiger charge is 2.34. The molecule has 3 rings (SSSR count). The third kappa shape index (κ3) is 2.32. The summed E-state index contributed by atoms with van der Waals surface area (Å²) in [6.45, 7) is 3.27. The maximum atomic E-state index is 6.18. The Labute approximate surface area is 110 Å². The van der Waals surface area contributed by atoms with Crippen molar-refractivity contribution in [1.29, 1.82) is 0 Å². The molecule has 98 valence electrons. The summed E-state index contributed by atoms with van der Waals surface area (Å²) < 4.78 is 6.18. The number of hydrogen-bond donors (Lipinski definition) is 1.